The van der Waals surface area contributed by atoms with Gasteiger partial charge < -0.3 is 9.84 Å². The van der Waals surface area contributed by atoms with E-state index in [0.29, 0.717) is 5.92 Å². The fourth-order valence-electron chi connectivity index (χ4n) is 2.56. The maximum Gasteiger partial charge on any atom is 0.341 e. The first-order chi connectivity index (χ1) is 9.83. The largest absolute Gasteiger partial charge is 0.507 e. The maximum atomic E-state index is 12.3. The van der Waals surface area contributed by atoms with E-state index in [4.69, 9.17) is 0 Å². The third-order valence-electron chi connectivity index (χ3n) is 3.70. The molecule has 0 bridgehead atoms. The molecule has 0 aliphatic heterocycles. The lowest BCUT2D eigenvalue weighted by molar-refractivity contribution is 0.0597. The van der Waals surface area contributed by atoms with Gasteiger partial charge >= 0.3 is 5.97 Å². The van der Waals surface area contributed by atoms with Gasteiger partial charge in [0.05, 0.1) is 12.0 Å². The lowest BCUT2D eigenvalue weighted by Crippen LogP contribution is -2.33. The SMILES string of the molecule is COC(=O)c1cc(S(=O)(=O)NC2CCC(C)C2)ccc1O. The highest BCUT2D eigenvalue weighted by atomic mass is 32.2. The first-order valence-electron chi connectivity index (χ1n) is 6.77. The maximum absolute atomic E-state index is 12.3. The van der Waals surface area contributed by atoms with Gasteiger partial charge in [0.1, 0.15) is 11.3 Å². The molecule has 1 aliphatic rings. The van der Waals surface area contributed by atoms with Crippen LogP contribution in [-0.4, -0.2) is 32.6 Å². The topological polar surface area (TPSA) is 92.7 Å². The summed E-state index contributed by atoms with van der Waals surface area (Å²) in [4.78, 5) is 11.4. The van der Waals surface area contributed by atoms with Crippen LogP contribution in [0.2, 0.25) is 0 Å². The number of hydrogen-bond acceptors (Lipinski definition) is 5. The fraction of sp³-hybridized carbons (Fsp3) is 0.500. The molecule has 1 aromatic rings. The number of ether oxygens (including phenoxy) is 1. The standard InChI is InChI=1S/C14H19NO5S/c1-9-3-4-10(7-9)15-21(18,19)11-5-6-13(16)12(8-11)14(17)20-2/h5-6,8-10,15-16H,3-4,7H2,1-2H3. The van der Waals surface area contributed by atoms with Gasteiger partial charge in [-0.15, -0.1) is 0 Å². The number of esters is 1. The van der Waals surface area contributed by atoms with Crippen LogP contribution in [0, 0.1) is 5.92 Å². The molecule has 0 saturated heterocycles. The lowest BCUT2D eigenvalue weighted by atomic mass is 10.1. The van der Waals surface area contributed by atoms with Crippen molar-refractivity contribution in [3.8, 4) is 5.75 Å². The molecule has 7 heteroatoms. The fourth-order valence-corrected chi connectivity index (χ4v) is 3.87. The van der Waals surface area contributed by atoms with Gasteiger partial charge in [-0.25, -0.2) is 17.9 Å². The van der Waals surface area contributed by atoms with E-state index < -0.39 is 16.0 Å². The second-order valence-electron chi connectivity index (χ2n) is 5.41. The van der Waals surface area contributed by atoms with Crippen LogP contribution in [0.25, 0.3) is 0 Å². The summed E-state index contributed by atoms with van der Waals surface area (Å²) in [7, 11) is -2.55. The van der Waals surface area contributed by atoms with Crippen LogP contribution in [0.5, 0.6) is 5.75 Å². The molecule has 2 N–H and O–H groups in total. The predicted octanol–water partition coefficient (Wildman–Crippen LogP) is 1.65. The Labute approximate surface area is 124 Å². The lowest BCUT2D eigenvalue weighted by Gasteiger charge is -2.14. The number of sulfonamides is 1. The normalized spacial score (nSPS) is 22.2. The number of carbonyl (C=O) groups excluding carboxylic acids is 1. The number of benzene rings is 1. The number of nitrogens with one attached hydrogen (secondary N) is 1. The van der Waals surface area contributed by atoms with Gasteiger partial charge in [0, 0.05) is 6.04 Å². The van der Waals surface area contributed by atoms with Gasteiger partial charge in [-0.05, 0) is 43.4 Å². The van der Waals surface area contributed by atoms with Gasteiger partial charge in [0.15, 0.2) is 0 Å². The Bertz CT molecular complexity index is 641. The van der Waals surface area contributed by atoms with Crippen molar-refractivity contribution in [3.63, 3.8) is 0 Å². The van der Waals surface area contributed by atoms with E-state index in [1.165, 1.54) is 19.2 Å². The molecule has 1 saturated carbocycles. The monoisotopic (exact) mass is 313 g/mol. The molecule has 0 amide bonds. The molecule has 0 aromatic heterocycles. The van der Waals surface area contributed by atoms with E-state index in [2.05, 4.69) is 16.4 Å². The van der Waals surface area contributed by atoms with E-state index in [1.54, 1.807) is 0 Å². The number of phenols is 1. The Balaban J connectivity index is 2.26. The first-order valence-corrected chi connectivity index (χ1v) is 8.25. The summed E-state index contributed by atoms with van der Waals surface area (Å²) in [6, 6.07) is 3.49. The number of hydrogen-bond donors (Lipinski definition) is 2. The Morgan fingerprint density at radius 1 is 1.38 bits per heavy atom. The zero-order chi connectivity index (χ0) is 15.6. The minimum Gasteiger partial charge on any atom is -0.507 e. The molecule has 2 rings (SSSR count). The second kappa shape index (κ2) is 6.03. The summed E-state index contributed by atoms with van der Waals surface area (Å²) >= 11 is 0. The Morgan fingerprint density at radius 3 is 2.67 bits per heavy atom. The van der Waals surface area contributed by atoms with Crippen molar-refractivity contribution in [3.05, 3.63) is 23.8 Å². The molecule has 2 atom stereocenters. The van der Waals surface area contributed by atoms with Crippen molar-refractivity contribution in [2.75, 3.05) is 7.11 Å². The number of phenolic OH excluding ortho intramolecular Hbond substituents is 1. The molecule has 0 radical (unpaired) electrons. The highest BCUT2D eigenvalue weighted by Gasteiger charge is 2.27. The smallest absolute Gasteiger partial charge is 0.341 e. The summed E-state index contributed by atoms with van der Waals surface area (Å²) in [6.07, 6.45) is 2.61. The van der Waals surface area contributed by atoms with E-state index >= 15 is 0 Å². The van der Waals surface area contributed by atoms with Crippen LogP contribution >= 0.6 is 0 Å². The number of methoxy groups -OCH3 is 1. The van der Waals surface area contributed by atoms with Gasteiger partial charge in [-0.2, -0.15) is 0 Å². The van der Waals surface area contributed by atoms with E-state index in [9.17, 15) is 18.3 Å². The zero-order valence-corrected chi connectivity index (χ0v) is 12.8. The van der Waals surface area contributed by atoms with E-state index in [-0.39, 0.29) is 22.3 Å². The molecule has 1 aromatic carbocycles. The van der Waals surface area contributed by atoms with Crippen molar-refractivity contribution in [1.29, 1.82) is 0 Å². The van der Waals surface area contributed by atoms with Crippen LogP contribution in [0.4, 0.5) is 0 Å². The van der Waals surface area contributed by atoms with Crippen molar-refractivity contribution in [1.82, 2.24) is 4.72 Å². The molecule has 1 fully saturated rings. The van der Waals surface area contributed by atoms with E-state index in [0.717, 1.165) is 25.3 Å². The summed E-state index contributed by atoms with van der Waals surface area (Å²) in [6.45, 7) is 2.09. The third kappa shape index (κ3) is 3.54. The van der Waals surface area contributed by atoms with Crippen molar-refractivity contribution < 1.29 is 23.1 Å². The number of carbonyl (C=O) groups is 1. The van der Waals surface area contributed by atoms with Crippen LogP contribution in [-0.2, 0) is 14.8 Å². The molecular weight excluding hydrogens is 294 g/mol. The summed E-state index contributed by atoms with van der Waals surface area (Å²) in [5, 5.41) is 9.61. The summed E-state index contributed by atoms with van der Waals surface area (Å²) in [5.74, 6) is -0.586. The second-order valence-corrected chi connectivity index (χ2v) is 7.12. The predicted molar refractivity (Wildman–Crippen MR) is 76.6 cm³/mol. The van der Waals surface area contributed by atoms with Crippen molar-refractivity contribution in [2.24, 2.45) is 5.92 Å². The Hall–Kier alpha value is -1.60. The number of rotatable bonds is 4. The van der Waals surface area contributed by atoms with Crippen LogP contribution in [0.1, 0.15) is 36.5 Å². The number of aromatic hydroxyl groups is 1. The molecule has 2 unspecified atom stereocenters. The Morgan fingerprint density at radius 2 is 2.10 bits per heavy atom. The highest BCUT2D eigenvalue weighted by Crippen LogP contribution is 2.27. The van der Waals surface area contributed by atoms with Crippen molar-refractivity contribution >= 4 is 16.0 Å². The third-order valence-corrected chi connectivity index (χ3v) is 5.22. The molecule has 0 heterocycles. The van der Waals surface area contributed by atoms with Gasteiger partial charge in [0.2, 0.25) is 10.0 Å². The van der Waals surface area contributed by atoms with Gasteiger partial charge in [-0.3, -0.25) is 0 Å². The zero-order valence-electron chi connectivity index (χ0n) is 12.0. The molecule has 116 valence electrons. The minimum atomic E-state index is -3.72. The van der Waals surface area contributed by atoms with Crippen LogP contribution in [0.15, 0.2) is 23.1 Å². The molecular formula is C14H19NO5S. The minimum absolute atomic E-state index is 0.0553. The van der Waals surface area contributed by atoms with Crippen molar-refractivity contribution in [2.45, 2.75) is 37.1 Å². The van der Waals surface area contributed by atoms with Gasteiger partial charge in [-0.1, -0.05) is 6.92 Å². The summed E-state index contributed by atoms with van der Waals surface area (Å²) < 4.78 is 31.8. The average molecular weight is 313 g/mol. The van der Waals surface area contributed by atoms with Gasteiger partial charge in [0.25, 0.3) is 0 Å². The Kier molecular flexibility index (Phi) is 4.53. The molecule has 0 spiro atoms. The quantitative estimate of drug-likeness (QED) is 0.824. The molecule has 1 aliphatic carbocycles. The molecule has 6 nitrogen and oxygen atoms in total. The van der Waals surface area contributed by atoms with Crippen LogP contribution < -0.4 is 4.72 Å². The first kappa shape index (κ1) is 15.8. The van der Waals surface area contributed by atoms with Crippen LogP contribution in [0.3, 0.4) is 0 Å². The summed E-state index contributed by atoms with van der Waals surface area (Å²) in [5.41, 5.74) is -0.167. The molecule has 21 heavy (non-hydrogen) atoms. The average Bonchev–Trinajstić information content (AvgIpc) is 2.82. The van der Waals surface area contributed by atoms with E-state index in [1.807, 2.05) is 0 Å². The highest BCUT2D eigenvalue weighted by molar-refractivity contribution is 7.89.